The summed E-state index contributed by atoms with van der Waals surface area (Å²) in [5, 5.41) is 3.67. The van der Waals surface area contributed by atoms with Crippen LogP contribution in [0.5, 0.6) is 0 Å². The molecule has 0 saturated heterocycles. The molecule has 0 heterocycles. The summed E-state index contributed by atoms with van der Waals surface area (Å²) in [6.45, 7) is 12.9. The highest BCUT2D eigenvalue weighted by Gasteiger charge is 2.11. The van der Waals surface area contributed by atoms with E-state index in [2.05, 4.69) is 86.9 Å². The second-order valence-corrected chi connectivity index (χ2v) is 7.50. The van der Waals surface area contributed by atoms with Gasteiger partial charge in [-0.2, -0.15) is 0 Å². The molecule has 0 saturated carbocycles. The molecule has 2 aromatic rings. The molecule has 144 valence electrons. The van der Waals surface area contributed by atoms with Gasteiger partial charge in [0.05, 0.1) is 0 Å². The van der Waals surface area contributed by atoms with Crippen LogP contribution in [0.3, 0.4) is 0 Å². The quantitative estimate of drug-likeness (QED) is 0.391. The number of nitrogens with one attached hydrogen (secondary N) is 1. The predicted molar refractivity (Wildman–Crippen MR) is 120 cm³/mol. The van der Waals surface area contributed by atoms with Gasteiger partial charge in [-0.25, -0.2) is 0 Å². The van der Waals surface area contributed by atoms with Gasteiger partial charge in [0.2, 0.25) is 0 Å². The summed E-state index contributed by atoms with van der Waals surface area (Å²) in [4.78, 5) is 0. The first kappa shape index (κ1) is 21.0. The summed E-state index contributed by atoms with van der Waals surface area (Å²) in [5.41, 5.74) is 6.44. The van der Waals surface area contributed by atoms with Crippen LogP contribution in [0.25, 0.3) is 11.1 Å². The molecule has 1 N–H and O–H groups in total. The fourth-order valence-electron chi connectivity index (χ4n) is 3.49. The molecule has 1 atom stereocenters. The van der Waals surface area contributed by atoms with Crippen LogP contribution in [0, 0.1) is 0 Å². The average Bonchev–Trinajstić information content (AvgIpc) is 2.68. The third-order valence-corrected chi connectivity index (χ3v) is 4.95. The minimum atomic E-state index is 0.417. The lowest BCUT2D eigenvalue weighted by atomic mass is 9.96. The van der Waals surface area contributed by atoms with E-state index in [0.29, 0.717) is 6.04 Å². The maximum atomic E-state index is 4.23. The van der Waals surface area contributed by atoms with Gasteiger partial charge < -0.3 is 5.32 Å². The van der Waals surface area contributed by atoms with Crippen LogP contribution in [-0.2, 0) is 6.42 Å². The van der Waals surface area contributed by atoms with Gasteiger partial charge in [0.25, 0.3) is 0 Å². The molecular weight excluding hydrogens is 326 g/mol. The molecule has 0 bridgehead atoms. The summed E-state index contributed by atoms with van der Waals surface area (Å²) >= 11 is 0. The van der Waals surface area contributed by atoms with E-state index in [0.717, 1.165) is 44.2 Å². The van der Waals surface area contributed by atoms with Gasteiger partial charge in [-0.1, -0.05) is 100 Å². The summed E-state index contributed by atoms with van der Waals surface area (Å²) in [7, 11) is 0. The zero-order valence-electron chi connectivity index (χ0n) is 17.1. The van der Waals surface area contributed by atoms with E-state index in [4.69, 9.17) is 0 Å². The smallest absolute Gasteiger partial charge is 0.0301 e. The van der Waals surface area contributed by atoms with Crippen molar-refractivity contribution in [2.45, 2.75) is 64.8 Å². The Labute approximate surface area is 166 Å². The summed E-state index contributed by atoms with van der Waals surface area (Å²) in [6, 6.07) is 20.0. The minimum Gasteiger partial charge on any atom is -0.386 e. The van der Waals surface area contributed by atoms with E-state index in [1.807, 2.05) is 0 Å². The minimum absolute atomic E-state index is 0.417. The topological polar surface area (TPSA) is 12.0 Å². The van der Waals surface area contributed by atoms with Gasteiger partial charge in [0.15, 0.2) is 0 Å². The fraction of sp³-hybridized carbons (Fsp3) is 0.385. The zero-order chi connectivity index (χ0) is 19.5. The second kappa shape index (κ2) is 11.4. The van der Waals surface area contributed by atoms with Crippen molar-refractivity contribution < 1.29 is 0 Å². The van der Waals surface area contributed by atoms with Gasteiger partial charge in [-0.05, 0) is 48.8 Å². The monoisotopic (exact) mass is 361 g/mol. The Balaban J connectivity index is 2.01. The Morgan fingerprint density at radius 1 is 0.815 bits per heavy atom. The van der Waals surface area contributed by atoms with Gasteiger partial charge in [0, 0.05) is 11.7 Å². The highest BCUT2D eigenvalue weighted by Crippen LogP contribution is 2.21. The number of rotatable bonds is 12. The van der Waals surface area contributed by atoms with E-state index >= 15 is 0 Å². The predicted octanol–water partition coefficient (Wildman–Crippen LogP) is 7.30. The molecule has 0 aliphatic rings. The van der Waals surface area contributed by atoms with Crippen molar-refractivity contribution in [1.82, 2.24) is 5.32 Å². The zero-order valence-corrected chi connectivity index (χ0v) is 17.1. The van der Waals surface area contributed by atoms with Crippen molar-refractivity contribution in [2.75, 3.05) is 0 Å². The van der Waals surface area contributed by atoms with Gasteiger partial charge in [-0.3, -0.25) is 0 Å². The first-order chi connectivity index (χ1) is 13.1. The normalized spacial score (nSPS) is 11.8. The van der Waals surface area contributed by atoms with E-state index in [1.165, 1.54) is 28.7 Å². The molecule has 0 aliphatic heterocycles. The Hall–Kier alpha value is -2.28. The number of allylic oxidation sites excluding steroid dienone is 2. The molecule has 2 aromatic carbocycles. The van der Waals surface area contributed by atoms with Crippen molar-refractivity contribution in [1.29, 1.82) is 0 Å². The fourth-order valence-corrected chi connectivity index (χ4v) is 3.49. The average molecular weight is 362 g/mol. The molecule has 2 rings (SSSR count). The van der Waals surface area contributed by atoms with Gasteiger partial charge in [-0.15, -0.1) is 0 Å². The van der Waals surface area contributed by atoms with Crippen LogP contribution in [0.1, 0.15) is 57.9 Å². The SMILES string of the molecule is C=C(CCC)CCC(Cc1ccc(-c2ccccc2)cc1)NC(=C)CCC. The third-order valence-electron chi connectivity index (χ3n) is 4.95. The Bertz CT molecular complexity index is 697. The molecule has 0 fully saturated rings. The molecule has 0 aromatic heterocycles. The van der Waals surface area contributed by atoms with E-state index in [-0.39, 0.29) is 0 Å². The maximum Gasteiger partial charge on any atom is 0.0301 e. The highest BCUT2D eigenvalue weighted by atomic mass is 14.9. The molecule has 1 unspecified atom stereocenters. The Morgan fingerprint density at radius 3 is 2.07 bits per heavy atom. The van der Waals surface area contributed by atoms with Crippen molar-refractivity contribution >= 4 is 0 Å². The number of benzene rings is 2. The van der Waals surface area contributed by atoms with Crippen molar-refractivity contribution in [3.05, 3.63) is 84.6 Å². The molecule has 1 nitrogen and oxygen atoms in total. The van der Waals surface area contributed by atoms with E-state index < -0.39 is 0 Å². The van der Waals surface area contributed by atoms with Crippen LogP contribution in [-0.4, -0.2) is 6.04 Å². The van der Waals surface area contributed by atoms with Crippen LogP contribution >= 0.6 is 0 Å². The van der Waals surface area contributed by atoms with E-state index in [9.17, 15) is 0 Å². The maximum absolute atomic E-state index is 4.23. The standard InChI is InChI=1S/C26H35N/c1-5-10-21(3)14-19-26(27-22(4)11-6-2)20-23-15-17-25(18-16-23)24-12-8-7-9-13-24/h7-9,12-13,15-18,26-27H,3-6,10-11,14,19-20H2,1-2H3. The van der Waals surface area contributed by atoms with Crippen molar-refractivity contribution in [2.24, 2.45) is 0 Å². The third kappa shape index (κ3) is 7.46. The molecule has 0 spiro atoms. The lowest BCUT2D eigenvalue weighted by Gasteiger charge is -2.22. The Kier molecular flexibility index (Phi) is 8.91. The first-order valence-electron chi connectivity index (χ1n) is 10.4. The van der Waals surface area contributed by atoms with Gasteiger partial charge >= 0.3 is 0 Å². The Morgan fingerprint density at radius 2 is 1.44 bits per heavy atom. The van der Waals surface area contributed by atoms with E-state index in [1.54, 1.807) is 0 Å². The molecule has 27 heavy (non-hydrogen) atoms. The van der Waals surface area contributed by atoms with Crippen LogP contribution in [0.15, 0.2) is 79.0 Å². The summed E-state index contributed by atoms with van der Waals surface area (Å²) < 4.78 is 0. The molecule has 1 heteroatoms. The van der Waals surface area contributed by atoms with Crippen LogP contribution in [0.4, 0.5) is 0 Å². The molecule has 0 aliphatic carbocycles. The first-order valence-corrected chi connectivity index (χ1v) is 10.4. The summed E-state index contributed by atoms with van der Waals surface area (Å²) in [5.74, 6) is 0. The summed E-state index contributed by atoms with van der Waals surface area (Å²) in [6.07, 6.45) is 7.72. The largest absolute Gasteiger partial charge is 0.386 e. The van der Waals surface area contributed by atoms with Gasteiger partial charge in [0.1, 0.15) is 0 Å². The van der Waals surface area contributed by atoms with Crippen molar-refractivity contribution in [3.63, 3.8) is 0 Å². The van der Waals surface area contributed by atoms with Crippen molar-refractivity contribution in [3.8, 4) is 11.1 Å². The molecule has 0 radical (unpaired) electrons. The number of hydrogen-bond acceptors (Lipinski definition) is 1. The van der Waals surface area contributed by atoms with Crippen LogP contribution < -0.4 is 5.32 Å². The second-order valence-electron chi connectivity index (χ2n) is 7.50. The molecule has 0 amide bonds. The van der Waals surface area contributed by atoms with Crippen LogP contribution in [0.2, 0.25) is 0 Å². The number of hydrogen-bond donors (Lipinski definition) is 1. The lowest BCUT2D eigenvalue weighted by molar-refractivity contribution is 0.508. The molecular formula is C26H35N. The lowest BCUT2D eigenvalue weighted by Crippen LogP contribution is -2.30. The highest BCUT2D eigenvalue weighted by molar-refractivity contribution is 5.63.